The average molecular weight is 224 g/mol. The fourth-order valence-corrected chi connectivity index (χ4v) is 1.66. The van der Waals surface area contributed by atoms with Gasteiger partial charge in [-0.1, -0.05) is 24.3 Å². The van der Waals surface area contributed by atoms with E-state index in [9.17, 15) is 20.2 Å². The zero-order valence-corrected chi connectivity index (χ0v) is 8.83. The molecule has 0 bridgehead atoms. The van der Waals surface area contributed by atoms with Gasteiger partial charge in [-0.05, 0) is 18.1 Å². The summed E-state index contributed by atoms with van der Waals surface area (Å²) in [5.74, 6) is -0.661. The van der Waals surface area contributed by atoms with Crippen molar-refractivity contribution in [3.63, 3.8) is 0 Å². The van der Waals surface area contributed by atoms with Gasteiger partial charge < -0.3 is 0 Å². The van der Waals surface area contributed by atoms with Gasteiger partial charge in [-0.15, -0.1) is 0 Å². The summed E-state index contributed by atoms with van der Waals surface area (Å²) in [6.45, 7) is 0.972. The number of benzene rings is 1. The molecule has 0 N–H and O–H groups in total. The Morgan fingerprint density at radius 2 is 1.62 bits per heavy atom. The second-order valence-electron chi connectivity index (χ2n) is 3.58. The number of hydrogen-bond donors (Lipinski definition) is 0. The van der Waals surface area contributed by atoms with Gasteiger partial charge in [-0.2, -0.15) is 0 Å². The molecule has 16 heavy (non-hydrogen) atoms. The lowest BCUT2D eigenvalue weighted by Crippen LogP contribution is -2.21. The number of nitrogens with zero attached hydrogens (tertiary/aromatic N) is 2. The van der Waals surface area contributed by atoms with E-state index in [2.05, 4.69) is 0 Å². The molecule has 1 rings (SSSR count). The van der Waals surface area contributed by atoms with Gasteiger partial charge in [-0.25, -0.2) is 0 Å². The van der Waals surface area contributed by atoms with E-state index in [4.69, 9.17) is 0 Å². The Kier molecular flexibility index (Phi) is 3.93. The van der Waals surface area contributed by atoms with Crippen LogP contribution in [0.3, 0.4) is 0 Å². The summed E-state index contributed by atoms with van der Waals surface area (Å²) in [5.41, 5.74) is 1.52. The molecule has 0 aromatic heterocycles. The molecule has 0 saturated heterocycles. The van der Waals surface area contributed by atoms with E-state index in [-0.39, 0.29) is 0 Å². The maximum absolute atomic E-state index is 10.5. The molecule has 0 spiro atoms. The van der Waals surface area contributed by atoms with Crippen molar-refractivity contribution in [2.24, 2.45) is 0 Å². The minimum absolute atomic E-state index is 0.411. The molecule has 6 nitrogen and oxygen atoms in total. The summed E-state index contributed by atoms with van der Waals surface area (Å²) >= 11 is 0. The van der Waals surface area contributed by atoms with E-state index in [1.54, 1.807) is 31.2 Å². The second kappa shape index (κ2) is 5.20. The standard InChI is InChI=1S/C10H12N2O4/c1-8-4-2-3-5-10(8)9(6-11(13)14)7-12(15)16/h2-5,9H,6-7H2,1H3. The fraction of sp³-hybridized carbons (Fsp3) is 0.400. The van der Waals surface area contributed by atoms with Gasteiger partial charge in [0.15, 0.2) is 0 Å². The summed E-state index contributed by atoms with van der Waals surface area (Å²) in [6, 6.07) is 7.03. The third kappa shape index (κ3) is 3.30. The van der Waals surface area contributed by atoms with Gasteiger partial charge in [0.25, 0.3) is 0 Å². The first kappa shape index (κ1) is 12.1. The SMILES string of the molecule is Cc1ccccc1C(C[N+](=O)[O-])C[N+](=O)[O-]. The zero-order chi connectivity index (χ0) is 12.1. The van der Waals surface area contributed by atoms with Gasteiger partial charge in [0.05, 0.1) is 0 Å². The first-order chi connectivity index (χ1) is 7.50. The molecule has 1 aromatic rings. The molecule has 0 unspecified atom stereocenters. The Bertz CT molecular complexity index is 390. The van der Waals surface area contributed by atoms with Crippen molar-refractivity contribution >= 4 is 0 Å². The van der Waals surface area contributed by atoms with Crippen LogP contribution in [-0.2, 0) is 0 Å². The summed E-state index contributed by atoms with van der Waals surface area (Å²) < 4.78 is 0. The van der Waals surface area contributed by atoms with E-state index in [0.29, 0.717) is 5.56 Å². The van der Waals surface area contributed by atoms with Gasteiger partial charge in [0, 0.05) is 9.85 Å². The van der Waals surface area contributed by atoms with Crippen LogP contribution < -0.4 is 0 Å². The third-order valence-corrected chi connectivity index (χ3v) is 2.37. The molecular weight excluding hydrogens is 212 g/mol. The topological polar surface area (TPSA) is 86.3 Å². The molecule has 0 aliphatic rings. The Morgan fingerprint density at radius 3 is 2.06 bits per heavy atom. The maximum Gasteiger partial charge on any atom is 0.217 e. The van der Waals surface area contributed by atoms with Crippen LogP contribution in [0.25, 0.3) is 0 Å². The molecule has 0 saturated carbocycles. The summed E-state index contributed by atoms with van der Waals surface area (Å²) in [4.78, 5) is 19.9. The van der Waals surface area contributed by atoms with Crippen LogP contribution in [0.5, 0.6) is 0 Å². The monoisotopic (exact) mass is 224 g/mol. The average Bonchev–Trinajstić information content (AvgIpc) is 2.15. The number of hydrogen-bond acceptors (Lipinski definition) is 4. The van der Waals surface area contributed by atoms with E-state index >= 15 is 0 Å². The Labute approximate surface area is 92.2 Å². The zero-order valence-electron chi connectivity index (χ0n) is 8.83. The van der Waals surface area contributed by atoms with Crippen LogP contribution in [0, 0.1) is 27.2 Å². The largest absolute Gasteiger partial charge is 0.265 e. The summed E-state index contributed by atoms with van der Waals surface area (Å²) in [6.07, 6.45) is 0. The molecule has 6 heteroatoms. The molecular formula is C10H12N2O4. The summed E-state index contributed by atoms with van der Waals surface area (Å²) in [5, 5.41) is 20.9. The molecule has 0 aliphatic heterocycles. The van der Waals surface area contributed by atoms with Gasteiger partial charge in [-0.3, -0.25) is 20.2 Å². The smallest absolute Gasteiger partial charge is 0.217 e. The number of aryl methyl sites for hydroxylation is 1. The molecule has 0 aliphatic carbocycles. The molecule has 1 aromatic carbocycles. The quantitative estimate of drug-likeness (QED) is 0.561. The Hall–Kier alpha value is -1.98. The van der Waals surface area contributed by atoms with E-state index < -0.39 is 28.9 Å². The Balaban J connectivity index is 2.96. The predicted molar refractivity (Wildman–Crippen MR) is 57.6 cm³/mol. The lowest BCUT2D eigenvalue weighted by Gasteiger charge is -2.11. The minimum Gasteiger partial charge on any atom is -0.265 e. The maximum atomic E-state index is 10.5. The highest BCUT2D eigenvalue weighted by molar-refractivity contribution is 5.29. The van der Waals surface area contributed by atoms with Crippen molar-refractivity contribution < 1.29 is 9.85 Å². The predicted octanol–water partition coefficient (Wildman–Crippen LogP) is 1.63. The second-order valence-corrected chi connectivity index (χ2v) is 3.58. The lowest BCUT2D eigenvalue weighted by atomic mass is 9.95. The van der Waals surface area contributed by atoms with E-state index in [1.807, 2.05) is 0 Å². The highest BCUT2D eigenvalue weighted by Crippen LogP contribution is 2.20. The lowest BCUT2D eigenvalue weighted by molar-refractivity contribution is -0.516. The van der Waals surface area contributed by atoms with Crippen molar-refractivity contribution in [2.75, 3.05) is 13.1 Å². The highest BCUT2D eigenvalue weighted by atomic mass is 16.6. The Morgan fingerprint density at radius 1 is 1.12 bits per heavy atom. The van der Waals surface area contributed by atoms with Crippen LogP contribution >= 0.6 is 0 Å². The third-order valence-electron chi connectivity index (χ3n) is 2.37. The molecule has 0 fully saturated rings. The van der Waals surface area contributed by atoms with Crippen LogP contribution in [0.4, 0.5) is 0 Å². The van der Waals surface area contributed by atoms with Crippen LogP contribution in [0.1, 0.15) is 17.0 Å². The van der Waals surface area contributed by atoms with Crippen molar-refractivity contribution in [1.29, 1.82) is 0 Å². The van der Waals surface area contributed by atoms with Crippen molar-refractivity contribution in [3.05, 3.63) is 55.6 Å². The molecule has 0 radical (unpaired) electrons. The van der Waals surface area contributed by atoms with Crippen molar-refractivity contribution in [3.8, 4) is 0 Å². The molecule has 0 heterocycles. The van der Waals surface area contributed by atoms with Crippen LogP contribution in [-0.4, -0.2) is 22.9 Å². The van der Waals surface area contributed by atoms with Gasteiger partial charge >= 0.3 is 0 Å². The first-order valence-electron chi connectivity index (χ1n) is 4.80. The molecule has 0 atom stereocenters. The minimum atomic E-state index is -0.661. The first-order valence-corrected chi connectivity index (χ1v) is 4.80. The van der Waals surface area contributed by atoms with Crippen molar-refractivity contribution in [1.82, 2.24) is 0 Å². The van der Waals surface area contributed by atoms with Crippen molar-refractivity contribution in [2.45, 2.75) is 12.8 Å². The molecule has 86 valence electrons. The van der Waals surface area contributed by atoms with Gasteiger partial charge in [0.1, 0.15) is 5.92 Å². The number of rotatable bonds is 5. The molecule has 0 amide bonds. The van der Waals surface area contributed by atoms with Gasteiger partial charge in [0.2, 0.25) is 13.1 Å². The van der Waals surface area contributed by atoms with E-state index in [0.717, 1.165) is 5.56 Å². The number of nitro groups is 2. The van der Waals surface area contributed by atoms with Crippen LogP contribution in [0.2, 0.25) is 0 Å². The highest BCUT2D eigenvalue weighted by Gasteiger charge is 2.24. The van der Waals surface area contributed by atoms with Crippen LogP contribution in [0.15, 0.2) is 24.3 Å². The van der Waals surface area contributed by atoms with E-state index in [1.165, 1.54) is 0 Å². The fourth-order valence-electron chi connectivity index (χ4n) is 1.66. The summed E-state index contributed by atoms with van der Waals surface area (Å²) in [7, 11) is 0. The normalized spacial score (nSPS) is 10.4.